The smallest absolute Gasteiger partial charge is 0.316 e. The average molecular weight is 252 g/mol. The van der Waals surface area contributed by atoms with E-state index in [0.717, 1.165) is 19.3 Å². The van der Waals surface area contributed by atoms with Gasteiger partial charge in [0.15, 0.2) is 0 Å². The van der Waals surface area contributed by atoms with Crippen LogP contribution in [0.25, 0.3) is 0 Å². The molecule has 0 aliphatic heterocycles. The summed E-state index contributed by atoms with van der Waals surface area (Å²) in [7, 11) is 1.39. The summed E-state index contributed by atoms with van der Waals surface area (Å²) in [6.45, 7) is 6.68. The number of Topliss-reactive ketones (excluding diaryl/α,β-unsaturated/α-hetero) is 1. The van der Waals surface area contributed by atoms with Crippen molar-refractivity contribution in [3.8, 4) is 0 Å². The summed E-state index contributed by atoms with van der Waals surface area (Å²) >= 11 is 0. The number of rotatable bonds is 1. The lowest BCUT2D eigenvalue weighted by Crippen LogP contribution is -2.54. The number of hydrogen-bond acceptors (Lipinski definition) is 3. The lowest BCUT2D eigenvalue weighted by Gasteiger charge is -2.55. The maximum absolute atomic E-state index is 12.2. The van der Waals surface area contributed by atoms with Crippen molar-refractivity contribution >= 4 is 11.8 Å². The maximum atomic E-state index is 12.2. The monoisotopic (exact) mass is 252 g/mol. The van der Waals surface area contributed by atoms with Gasteiger partial charge in [0, 0.05) is 6.42 Å². The van der Waals surface area contributed by atoms with Crippen molar-refractivity contribution in [1.29, 1.82) is 0 Å². The second-order valence-electron chi connectivity index (χ2n) is 6.86. The normalized spacial score (nSPS) is 39.0. The van der Waals surface area contributed by atoms with Crippen LogP contribution in [0.3, 0.4) is 0 Å². The molecule has 2 rings (SSSR count). The summed E-state index contributed by atoms with van der Waals surface area (Å²) in [4.78, 5) is 24.2. The number of hydrogen-bond donors (Lipinski definition) is 0. The van der Waals surface area contributed by atoms with Crippen LogP contribution in [0.15, 0.2) is 0 Å². The molecule has 3 nitrogen and oxygen atoms in total. The standard InChI is InChI=1S/C15H24O3/c1-14(2)8-5-9-15(3)11(14)7-6-10(16)12(15)13(17)18-4/h11-12H,5-9H2,1-4H3/t11?,12-,15+/m0/s1. The molecule has 2 fully saturated rings. The molecule has 0 saturated heterocycles. The number of carbonyl (C=O) groups is 2. The van der Waals surface area contributed by atoms with Gasteiger partial charge in [0.25, 0.3) is 0 Å². The number of esters is 1. The van der Waals surface area contributed by atoms with E-state index in [1.165, 1.54) is 13.5 Å². The van der Waals surface area contributed by atoms with Gasteiger partial charge in [-0.3, -0.25) is 9.59 Å². The maximum Gasteiger partial charge on any atom is 0.316 e. The third kappa shape index (κ3) is 1.88. The Labute approximate surface area is 109 Å². The zero-order chi connectivity index (χ0) is 13.6. The van der Waals surface area contributed by atoms with Gasteiger partial charge in [0.05, 0.1) is 7.11 Å². The van der Waals surface area contributed by atoms with Gasteiger partial charge in [-0.15, -0.1) is 0 Å². The Bertz CT molecular complexity index is 364. The van der Waals surface area contributed by atoms with Gasteiger partial charge >= 0.3 is 5.97 Å². The van der Waals surface area contributed by atoms with Crippen LogP contribution in [-0.2, 0) is 14.3 Å². The molecule has 0 aromatic heterocycles. The first kappa shape index (κ1) is 13.6. The molecule has 2 saturated carbocycles. The van der Waals surface area contributed by atoms with Gasteiger partial charge in [-0.2, -0.15) is 0 Å². The molecule has 0 heterocycles. The minimum Gasteiger partial charge on any atom is -0.468 e. The first-order valence-electron chi connectivity index (χ1n) is 6.93. The lowest BCUT2D eigenvalue weighted by atomic mass is 9.48. The van der Waals surface area contributed by atoms with Crippen molar-refractivity contribution in [1.82, 2.24) is 0 Å². The third-order valence-electron chi connectivity index (χ3n) is 5.37. The SMILES string of the molecule is COC(=O)[C@@H]1C(=O)CCC2C(C)(C)CCC[C@]21C. The Morgan fingerprint density at radius 2 is 1.94 bits per heavy atom. The molecule has 0 spiro atoms. The number of carbonyl (C=O) groups excluding carboxylic acids is 2. The molecule has 0 aromatic carbocycles. The molecule has 102 valence electrons. The van der Waals surface area contributed by atoms with Gasteiger partial charge in [-0.1, -0.05) is 27.2 Å². The van der Waals surface area contributed by atoms with E-state index in [0.29, 0.717) is 12.3 Å². The van der Waals surface area contributed by atoms with E-state index in [-0.39, 0.29) is 22.6 Å². The molecule has 0 N–H and O–H groups in total. The van der Waals surface area contributed by atoms with Crippen LogP contribution in [0, 0.1) is 22.7 Å². The van der Waals surface area contributed by atoms with Crippen LogP contribution < -0.4 is 0 Å². The molecule has 0 radical (unpaired) electrons. The molecular weight excluding hydrogens is 228 g/mol. The quantitative estimate of drug-likeness (QED) is 0.532. The summed E-state index contributed by atoms with van der Waals surface area (Å²) in [5, 5.41) is 0. The molecular formula is C15H24O3. The molecule has 18 heavy (non-hydrogen) atoms. The zero-order valence-electron chi connectivity index (χ0n) is 11.9. The number of ketones is 1. The van der Waals surface area contributed by atoms with Crippen LogP contribution in [0.5, 0.6) is 0 Å². The van der Waals surface area contributed by atoms with E-state index in [4.69, 9.17) is 4.74 Å². The predicted octanol–water partition coefficient (Wildman–Crippen LogP) is 2.97. The van der Waals surface area contributed by atoms with E-state index < -0.39 is 5.92 Å². The molecule has 2 aliphatic carbocycles. The fraction of sp³-hybridized carbons (Fsp3) is 0.867. The molecule has 1 unspecified atom stereocenters. The van der Waals surface area contributed by atoms with Crippen molar-refractivity contribution < 1.29 is 14.3 Å². The minimum absolute atomic E-state index is 0.0818. The molecule has 3 atom stereocenters. The van der Waals surface area contributed by atoms with E-state index in [9.17, 15) is 9.59 Å². The molecule has 0 aromatic rings. The average Bonchev–Trinajstić information content (AvgIpc) is 2.26. The van der Waals surface area contributed by atoms with Gasteiger partial charge in [0.2, 0.25) is 0 Å². The second-order valence-corrected chi connectivity index (χ2v) is 6.86. The van der Waals surface area contributed by atoms with Crippen molar-refractivity contribution in [3.05, 3.63) is 0 Å². The lowest BCUT2D eigenvalue weighted by molar-refractivity contribution is -0.167. The number of methoxy groups -OCH3 is 1. The second kappa shape index (κ2) is 4.36. The number of fused-ring (bicyclic) bond motifs is 1. The fourth-order valence-electron chi connectivity index (χ4n) is 4.55. The Kier molecular flexibility index (Phi) is 3.28. The molecule has 3 heteroatoms. The van der Waals surface area contributed by atoms with Crippen molar-refractivity contribution in [3.63, 3.8) is 0 Å². The minimum atomic E-state index is -0.541. The molecule has 0 bridgehead atoms. The largest absolute Gasteiger partial charge is 0.468 e. The van der Waals surface area contributed by atoms with Crippen molar-refractivity contribution in [2.45, 2.75) is 52.9 Å². The highest BCUT2D eigenvalue weighted by atomic mass is 16.5. The van der Waals surface area contributed by atoms with E-state index in [1.54, 1.807) is 0 Å². The summed E-state index contributed by atoms with van der Waals surface area (Å²) in [5.74, 6) is -0.343. The highest BCUT2D eigenvalue weighted by Gasteiger charge is 2.57. The summed E-state index contributed by atoms with van der Waals surface area (Å²) in [6, 6.07) is 0. The van der Waals surface area contributed by atoms with Gasteiger partial charge < -0.3 is 4.74 Å². The Morgan fingerprint density at radius 1 is 1.28 bits per heavy atom. The Hall–Kier alpha value is -0.860. The number of ether oxygens (including phenoxy) is 1. The summed E-state index contributed by atoms with van der Waals surface area (Å²) in [5.41, 5.74) is 0.0180. The Morgan fingerprint density at radius 3 is 2.56 bits per heavy atom. The van der Waals surface area contributed by atoms with Gasteiger partial charge in [-0.05, 0) is 36.0 Å². The summed E-state index contributed by atoms with van der Waals surface area (Å²) in [6.07, 6.45) is 4.71. The van der Waals surface area contributed by atoms with Crippen LogP contribution in [0.4, 0.5) is 0 Å². The van der Waals surface area contributed by atoms with Crippen LogP contribution in [0.1, 0.15) is 52.9 Å². The van der Waals surface area contributed by atoms with Crippen molar-refractivity contribution in [2.24, 2.45) is 22.7 Å². The highest BCUT2D eigenvalue weighted by Crippen LogP contribution is 2.59. The van der Waals surface area contributed by atoms with Crippen LogP contribution >= 0.6 is 0 Å². The van der Waals surface area contributed by atoms with E-state index in [1.807, 2.05) is 0 Å². The van der Waals surface area contributed by atoms with Crippen LogP contribution in [0.2, 0.25) is 0 Å². The van der Waals surface area contributed by atoms with Gasteiger partial charge in [-0.25, -0.2) is 0 Å². The fourth-order valence-corrected chi connectivity index (χ4v) is 4.55. The highest BCUT2D eigenvalue weighted by molar-refractivity contribution is 6.00. The molecule has 2 aliphatic rings. The first-order chi connectivity index (χ1) is 8.33. The van der Waals surface area contributed by atoms with Crippen LogP contribution in [-0.4, -0.2) is 18.9 Å². The zero-order valence-corrected chi connectivity index (χ0v) is 11.9. The summed E-state index contributed by atoms with van der Waals surface area (Å²) < 4.78 is 4.88. The Balaban J connectivity index is 2.40. The predicted molar refractivity (Wildman–Crippen MR) is 69.0 cm³/mol. The van der Waals surface area contributed by atoms with Crippen molar-refractivity contribution in [2.75, 3.05) is 7.11 Å². The van der Waals surface area contributed by atoms with Gasteiger partial charge in [0.1, 0.15) is 11.7 Å². The third-order valence-corrected chi connectivity index (χ3v) is 5.37. The topological polar surface area (TPSA) is 43.4 Å². The first-order valence-corrected chi connectivity index (χ1v) is 6.93. The molecule has 0 amide bonds. The van der Waals surface area contributed by atoms with E-state index in [2.05, 4.69) is 20.8 Å². The van der Waals surface area contributed by atoms with E-state index >= 15 is 0 Å².